The van der Waals surface area contributed by atoms with Gasteiger partial charge in [0.1, 0.15) is 18.1 Å². The van der Waals surface area contributed by atoms with Crippen molar-refractivity contribution in [3.8, 4) is 0 Å². The maximum Gasteiger partial charge on any atom is 0.244 e. The van der Waals surface area contributed by atoms with Gasteiger partial charge in [-0.15, -0.1) is 0 Å². The number of hydrogen-bond donors (Lipinski definition) is 7. The van der Waals surface area contributed by atoms with Gasteiger partial charge in [-0.25, -0.2) is 5.48 Å². The minimum atomic E-state index is -1.06. The number of nitrogens with one attached hydrogen (secondary N) is 4. The fourth-order valence-corrected chi connectivity index (χ4v) is 4.50. The van der Waals surface area contributed by atoms with Crippen molar-refractivity contribution in [3.63, 3.8) is 0 Å². The molecule has 1 aromatic rings. The van der Waals surface area contributed by atoms with Gasteiger partial charge in [-0.05, 0) is 56.0 Å². The van der Waals surface area contributed by atoms with Gasteiger partial charge in [0, 0.05) is 18.8 Å². The highest BCUT2D eigenvalue weighted by atomic mass is 16.5. The van der Waals surface area contributed by atoms with Gasteiger partial charge >= 0.3 is 0 Å². The molecule has 41 heavy (non-hydrogen) atoms. The second-order valence-electron chi connectivity index (χ2n) is 11.3. The van der Waals surface area contributed by atoms with Crippen molar-refractivity contribution in [2.45, 2.75) is 90.8 Å². The van der Waals surface area contributed by atoms with E-state index in [1.54, 1.807) is 5.48 Å². The molecule has 5 amide bonds. The molecule has 12 heteroatoms. The van der Waals surface area contributed by atoms with Gasteiger partial charge in [0.25, 0.3) is 0 Å². The molecular weight excluding hydrogens is 528 g/mol. The Balaban J connectivity index is 3.18. The maximum absolute atomic E-state index is 13.5. The Morgan fingerprint density at radius 2 is 1.34 bits per heavy atom. The van der Waals surface area contributed by atoms with E-state index in [1.807, 2.05) is 58.0 Å². The number of benzene rings is 1. The minimum Gasteiger partial charge on any atom is -0.368 e. The van der Waals surface area contributed by atoms with Crippen molar-refractivity contribution < 1.29 is 29.2 Å². The first-order chi connectivity index (χ1) is 19.4. The van der Waals surface area contributed by atoms with E-state index < -0.39 is 53.6 Å². The molecule has 1 rings (SSSR count). The molecule has 0 bridgehead atoms. The van der Waals surface area contributed by atoms with Crippen molar-refractivity contribution in [3.05, 3.63) is 35.9 Å². The normalized spacial score (nSPS) is 14.0. The molecule has 0 unspecified atom stereocenters. The Kier molecular flexibility index (Phi) is 16.3. The van der Waals surface area contributed by atoms with Crippen LogP contribution in [0.3, 0.4) is 0 Å². The zero-order chi connectivity index (χ0) is 30.9. The monoisotopic (exact) mass is 576 g/mol. The average Bonchev–Trinajstić information content (AvgIpc) is 2.91. The van der Waals surface area contributed by atoms with Gasteiger partial charge in [-0.3, -0.25) is 29.2 Å². The van der Waals surface area contributed by atoms with Crippen LogP contribution in [-0.2, 0) is 30.4 Å². The van der Waals surface area contributed by atoms with Gasteiger partial charge in [0.05, 0.1) is 0 Å². The quantitative estimate of drug-likeness (QED) is 0.0719. The van der Waals surface area contributed by atoms with Crippen LogP contribution in [-0.4, -0.2) is 59.4 Å². The summed E-state index contributed by atoms with van der Waals surface area (Å²) in [6.07, 6.45) is 2.12. The molecule has 0 aromatic heterocycles. The number of carbonyl (C=O) groups is 5. The summed E-state index contributed by atoms with van der Waals surface area (Å²) in [4.78, 5) is 63.9. The predicted molar refractivity (Wildman–Crippen MR) is 155 cm³/mol. The lowest BCUT2D eigenvalue weighted by Gasteiger charge is -2.27. The lowest BCUT2D eigenvalue weighted by atomic mass is 9.92. The van der Waals surface area contributed by atoms with E-state index in [-0.39, 0.29) is 31.1 Å². The van der Waals surface area contributed by atoms with E-state index in [9.17, 15) is 24.0 Å². The van der Waals surface area contributed by atoms with E-state index in [0.717, 1.165) is 5.56 Å². The number of nitrogens with two attached hydrogens (primary N) is 2. The van der Waals surface area contributed by atoms with Gasteiger partial charge in [0.2, 0.25) is 29.5 Å². The summed E-state index contributed by atoms with van der Waals surface area (Å²) in [5, 5.41) is 17.1. The molecule has 0 aliphatic carbocycles. The highest BCUT2D eigenvalue weighted by Gasteiger charge is 2.32. The number of carbonyl (C=O) groups excluding carboxylic acids is 5. The topological polar surface area (TPSA) is 206 Å². The number of primary amides is 1. The molecule has 0 fully saturated rings. The zero-order valence-electron chi connectivity index (χ0n) is 24.7. The van der Waals surface area contributed by atoms with Crippen LogP contribution in [0, 0.1) is 17.8 Å². The molecular formula is C29H48N6O6. The third kappa shape index (κ3) is 14.1. The first-order valence-electron chi connectivity index (χ1n) is 14.2. The van der Waals surface area contributed by atoms with Crippen molar-refractivity contribution in [1.29, 1.82) is 0 Å². The molecule has 1 aromatic carbocycles. The summed E-state index contributed by atoms with van der Waals surface area (Å²) in [5.74, 6) is -3.71. The van der Waals surface area contributed by atoms with Crippen LogP contribution in [0.1, 0.15) is 71.8 Å². The van der Waals surface area contributed by atoms with Crippen LogP contribution in [0.2, 0.25) is 0 Å². The predicted octanol–water partition coefficient (Wildman–Crippen LogP) is 0.902. The maximum atomic E-state index is 13.5. The van der Waals surface area contributed by atoms with Gasteiger partial charge < -0.3 is 27.4 Å². The van der Waals surface area contributed by atoms with E-state index in [1.165, 1.54) is 0 Å². The fraction of sp³-hybridized carbons (Fsp3) is 0.621. The second kappa shape index (κ2) is 18.8. The van der Waals surface area contributed by atoms with Crippen LogP contribution in [0.25, 0.3) is 0 Å². The summed E-state index contributed by atoms with van der Waals surface area (Å²) in [6.45, 7) is 8.03. The van der Waals surface area contributed by atoms with Gasteiger partial charge in [-0.2, -0.15) is 0 Å². The molecule has 0 radical (unpaired) electrons. The van der Waals surface area contributed by atoms with Crippen LogP contribution >= 0.6 is 0 Å². The Morgan fingerprint density at radius 3 is 1.88 bits per heavy atom. The first kappa shape index (κ1) is 35.5. The number of amides is 5. The van der Waals surface area contributed by atoms with E-state index in [0.29, 0.717) is 32.2 Å². The molecule has 0 aliphatic heterocycles. The summed E-state index contributed by atoms with van der Waals surface area (Å²) < 4.78 is 0. The number of hydrogen-bond acceptors (Lipinski definition) is 7. The van der Waals surface area contributed by atoms with Crippen LogP contribution < -0.4 is 32.9 Å². The Hall–Kier alpha value is -3.51. The highest BCUT2D eigenvalue weighted by Crippen LogP contribution is 2.17. The Bertz CT molecular complexity index is 987. The van der Waals surface area contributed by atoms with Crippen molar-refractivity contribution >= 4 is 29.5 Å². The molecule has 0 aliphatic rings. The summed E-state index contributed by atoms with van der Waals surface area (Å²) in [5.41, 5.74) is 13.4. The molecule has 9 N–H and O–H groups in total. The first-order valence-corrected chi connectivity index (χ1v) is 14.2. The van der Waals surface area contributed by atoms with Crippen LogP contribution in [0.4, 0.5) is 0 Å². The number of rotatable bonds is 19. The van der Waals surface area contributed by atoms with Crippen molar-refractivity contribution in [2.75, 3.05) is 6.54 Å². The Labute approximate surface area is 242 Å². The third-order valence-electron chi connectivity index (χ3n) is 6.55. The standard InChI is InChI=1S/C29H48N6O6/c1-18(2)14-21(17-25(36)35-41)27(38)33-23(15-19(3)4)28(39)34-24(16-20-10-6-5-7-11-20)29(40)32-22(26(31)37)12-8-9-13-30/h5-7,10-11,18-19,21-24,41H,8-9,12-17,30H2,1-4H3,(H2,31,37)(H,32,40)(H,33,38)(H,34,39)(H,35,36)/t21-,22+,23+,24+/m1/s1. The molecule has 0 saturated carbocycles. The highest BCUT2D eigenvalue weighted by molar-refractivity contribution is 5.94. The minimum absolute atomic E-state index is 0.0125. The smallest absolute Gasteiger partial charge is 0.244 e. The lowest BCUT2D eigenvalue weighted by molar-refractivity contribution is -0.137. The average molecular weight is 577 g/mol. The number of unbranched alkanes of at least 4 members (excludes halogenated alkanes) is 1. The van der Waals surface area contributed by atoms with Gasteiger partial charge in [0.15, 0.2) is 0 Å². The fourth-order valence-electron chi connectivity index (χ4n) is 4.50. The SMILES string of the molecule is CC(C)C[C@H](CC(=O)NO)C(=O)N[C@@H](CC(C)C)C(=O)N[C@@H](Cc1ccccc1)C(=O)N[C@@H](CCCCN)C(N)=O. The molecule has 0 heterocycles. The zero-order valence-corrected chi connectivity index (χ0v) is 24.7. The second-order valence-corrected chi connectivity index (χ2v) is 11.3. The lowest BCUT2D eigenvalue weighted by Crippen LogP contribution is -2.57. The number of hydroxylamine groups is 1. The van der Waals surface area contributed by atoms with E-state index >= 15 is 0 Å². The van der Waals surface area contributed by atoms with Crippen LogP contribution in [0.15, 0.2) is 30.3 Å². The van der Waals surface area contributed by atoms with Crippen molar-refractivity contribution in [2.24, 2.45) is 29.2 Å². The molecule has 4 atom stereocenters. The third-order valence-corrected chi connectivity index (χ3v) is 6.55. The van der Waals surface area contributed by atoms with E-state index in [2.05, 4.69) is 16.0 Å². The van der Waals surface area contributed by atoms with E-state index in [4.69, 9.17) is 16.7 Å². The Morgan fingerprint density at radius 1 is 0.780 bits per heavy atom. The summed E-state index contributed by atoms with van der Waals surface area (Å²) in [6, 6.07) is 6.11. The largest absolute Gasteiger partial charge is 0.368 e. The van der Waals surface area contributed by atoms with Crippen LogP contribution in [0.5, 0.6) is 0 Å². The molecule has 230 valence electrons. The summed E-state index contributed by atoms with van der Waals surface area (Å²) in [7, 11) is 0. The van der Waals surface area contributed by atoms with Gasteiger partial charge in [-0.1, -0.05) is 58.0 Å². The summed E-state index contributed by atoms with van der Waals surface area (Å²) >= 11 is 0. The molecule has 0 saturated heterocycles. The molecule has 0 spiro atoms. The van der Waals surface area contributed by atoms with Crippen molar-refractivity contribution in [1.82, 2.24) is 21.4 Å². The molecule has 12 nitrogen and oxygen atoms in total.